The number of aromatic nitrogens is 2. The van der Waals surface area contributed by atoms with Crippen LogP contribution in [0, 0.1) is 0 Å². The first-order valence-corrected chi connectivity index (χ1v) is 6.15. The molecule has 0 saturated carbocycles. The molecule has 0 aromatic carbocycles. The van der Waals surface area contributed by atoms with Crippen LogP contribution in [0.4, 0.5) is 5.82 Å². The number of thioether (sulfide) groups is 1. The van der Waals surface area contributed by atoms with Crippen LogP contribution >= 0.6 is 11.8 Å². The average molecular weight is 211 g/mol. The van der Waals surface area contributed by atoms with E-state index in [0.717, 1.165) is 23.7 Å². The van der Waals surface area contributed by atoms with E-state index < -0.39 is 0 Å². The minimum absolute atomic E-state index is 0.514. The summed E-state index contributed by atoms with van der Waals surface area (Å²) < 4.78 is 0. The van der Waals surface area contributed by atoms with Crippen LogP contribution in [-0.2, 0) is 0 Å². The van der Waals surface area contributed by atoms with Crippen molar-refractivity contribution in [2.24, 2.45) is 0 Å². The SMILES string of the molecule is CCC(CC)Nc1cc(SC)ncn1. The highest BCUT2D eigenvalue weighted by molar-refractivity contribution is 7.98. The number of rotatable bonds is 5. The molecule has 0 atom stereocenters. The fraction of sp³-hybridized carbons (Fsp3) is 0.600. The second-order valence-electron chi connectivity index (χ2n) is 3.10. The van der Waals surface area contributed by atoms with Crippen LogP contribution < -0.4 is 5.32 Å². The Kier molecular flexibility index (Phi) is 4.73. The molecule has 14 heavy (non-hydrogen) atoms. The molecule has 4 heteroatoms. The van der Waals surface area contributed by atoms with Crippen molar-refractivity contribution in [1.82, 2.24) is 9.97 Å². The number of nitrogens with zero attached hydrogens (tertiary/aromatic N) is 2. The van der Waals surface area contributed by atoms with E-state index in [2.05, 4.69) is 29.1 Å². The van der Waals surface area contributed by atoms with Crippen molar-refractivity contribution in [3.8, 4) is 0 Å². The van der Waals surface area contributed by atoms with E-state index in [4.69, 9.17) is 0 Å². The lowest BCUT2D eigenvalue weighted by Crippen LogP contribution is -2.17. The third-order valence-corrected chi connectivity index (χ3v) is 2.83. The highest BCUT2D eigenvalue weighted by atomic mass is 32.2. The molecule has 1 aromatic rings. The van der Waals surface area contributed by atoms with E-state index in [1.807, 2.05) is 12.3 Å². The van der Waals surface area contributed by atoms with E-state index in [0.29, 0.717) is 6.04 Å². The zero-order valence-electron chi connectivity index (χ0n) is 8.95. The first-order chi connectivity index (χ1) is 6.80. The summed E-state index contributed by atoms with van der Waals surface area (Å²) in [6.07, 6.45) is 5.87. The van der Waals surface area contributed by atoms with Gasteiger partial charge in [0.15, 0.2) is 0 Å². The molecule has 1 rings (SSSR count). The van der Waals surface area contributed by atoms with Gasteiger partial charge in [-0.25, -0.2) is 9.97 Å². The largest absolute Gasteiger partial charge is 0.367 e. The molecule has 0 radical (unpaired) electrons. The second kappa shape index (κ2) is 5.86. The number of hydrogen-bond acceptors (Lipinski definition) is 4. The van der Waals surface area contributed by atoms with Gasteiger partial charge in [-0.15, -0.1) is 11.8 Å². The van der Waals surface area contributed by atoms with E-state index >= 15 is 0 Å². The Balaban J connectivity index is 2.65. The van der Waals surface area contributed by atoms with Gasteiger partial charge < -0.3 is 5.32 Å². The maximum Gasteiger partial charge on any atom is 0.130 e. The van der Waals surface area contributed by atoms with Gasteiger partial charge in [0.2, 0.25) is 0 Å². The third-order valence-electron chi connectivity index (χ3n) is 2.19. The molecule has 0 bridgehead atoms. The van der Waals surface area contributed by atoms with E-state index in [1.54, 1.807) is 18.1 Å². The lowest BCUT2D eigenvalue weighted by Gasteiger charge is -2.15. The minimum atomic E-state index is 0.514. The molecule has 0 saturated heterocycles. The van der Waals surface area contributed by atoms with Crippen molar-refractivity contribution in [2.75, 3.05) is 11.6 Å². The molecular weight excluding hydrogens is 194 g/mol. The zero-order chi connectivity index (χ0) is 10.4. The fourth-order valence-corrected chi connectivity index (χ4v) is 1.61. The Morgan fingerprint density at radius 3 is 2.64 bits per heavy atom. The molecule has 0 unspecified atom stereocenters. The van der Waals surface area contributed by atoms with Crippen molar-refractivity contribution in [1.29, 1.82) is 0 Å². The predicted molar refractivity (Wildman–Crippen MR) is 61.8 cm³/mol. The fourth-order valence-electron chi connectivity index (χ4n) is 1.23. The van der Waals surface area contributed by atoms with Crippen LogP contribution in [0.15, 0.2) is 17.4 Å². The highest BCUT2D eigenvalue weighted by Gasteiger charge is 2.04. The van der Waals surface area contributed by atoms with E-state index in [9.17, 15) is 0 Å². The molecule has 0 aliphatic heterocycles. The second-order valence-corrected chi connectivity index (χ2v) is 3.93. The Morgan fingerprint density at radius 1 is 1.36 bits per heavy atom. The summed E-state index contributed by atoms with van der Waals surface area (Å²) in [5.74, 6) is 0.929. The van der Waals surface area contributed by atoms with E-state index in [-0.39, 0.29) is 0 Å². The summed E-state index contributed by atoms with van der Waals surface area (Å²) in [6.45, 7) is 4.36. The molecule has 0 aliphatic carbocycles. The smallest absolute Gasteiger partial charge is 0.130 e. The van der Waals surface area contributed by atoms with Crippen molar-refractivity contribution in [3.63, 3.8) is 0 Å². The molecule has 1 heterocycles. The number of nitrogens with one attached hydrogen (secondary N) is 1. The Hall–Kier alpha value is -0.770. The van der Waals surface area contributed by atoms with Crippen LogP contribution in [0.25, 0.3) is 0 Å². The van der Waals surface area contributed by atoms with Crippen LogP contribution in [0.5, 0.6) is 0 Å². The van der Waals surface area contributed by atoms with Gasteiger partial charge in [-0.05, 0) is 19.1 Å². The normalized spacial score (nSPS) is 10.6. The standard InChI is InChI=1S/C10H17N3S/c1-4-8(5-2)13-9-6-10(14-3)12-7-11-9/h6-8H,4-5H2,1-3H3,(H,11,12,13). The molecule has 0 fully saturated rings. The van der Waals surface area contributed by atoms with Crippen molar-refractivity contribution in [3.05, 3.63) is 12.4 Å². The minimum Gasteiger partial charge on any atom is -0.367 e. The van der Waals surface area contributed by atoms with Gasteiger partial charge in [-0.2, -0.15) is 0 Å². The molecule has 1 aromatic heterocycles. The summed E-state index contributed by atoms with van der Waals surface area (Å²) in [7, 11) is 0. The zero-order valence-corrected chi connectivity index (χ0v) is 9.77. The maximum absolute atomic E-state index is 4.19. The van der Waals surface area contributed by atoms with Gasteiger partial charge in [0, 0.05) is 12.1 Å². The van der Waals surface area contributed by atoms with Gasteiger partial charge in [-0.3, -0.25) is 0 Å². The van der Waals surface area contributed by atoms with Crippen LogP contribution in [-0.4, -0.2) is 22.3 Å². The van der Waals surface area contributed by atoms with Crippen LogP contribution in [0.3, 0.4) is 0 Å². The van der Waals surface area contributed by atoms with Gasteiger partial charge in [-0.1, -0.05) is 13.8 Å². The van der Waals surface area contributed by atoms with Gasteiger partial charge in [0.1, 0.15) is 17.2 Å². The molecule has 0 amide bonds. The lowest BCUT2D eigenvalue weighted by molar-refractivity contribution is 0.667. The van der Waals surface area contributed by atoms with Gasteiger partial charge >= 0.3 is 0 Å². The summed E-state index contributed by atoms with van der Waals surface area (Å²) in [4.78, 5) is 8.32. The Labute approximate surface area is 89.7 Å². The van der Waals surface area contributed by atoms with Crippen LogP contribution in [0.1, 0.15) is 26.7 Å². The van der Waals surface area contributed by atoms with Gasteiger partial charge in [0.05, 0.1) is 0 Å². The molecule has 78 valence electrons. The predicted octanol–water partition coefficient (Wildman–Crippen LogP) is 2.80. The quantitative estimate of drug-likeness (QED) is 0.600. The van der Waals surface area contributed by atoms with Crippen molar-refractivity contribution >= 4 is 17.6 Å². The maximum atomic E-state index is 4.19. The molecule has 0 aliphatic rings. The first-order valence-electron chi connectivity index (χ1n) is 4.92. The average Bonchev–Trinajstić information content (AvgIpc) is 2.26. The highest BCUT2D eigenvalue weighted by Crippen LogP contribution is 2.15. The monoisotopic (exact) mass is 211 g/mol. The Morgan fingerprint density at radius 2 is 2.07 bits per heavy atom. The summed E-state index contributed by atoms with van der Waals surface area (Å²) in [5.41, 5.74) is 0. The van der Waals surface area contributed by atoms with E-state index in [1.165, 1.54) is 0 Å². The molecule has 3 nitrogen and oxygen atoms in total. The summed E-state index contributed by atoms with van der Waals surface area (Å²) in [6, 6.07) is 2.50. The number of hydrogen-bond donors (Lipinski definition) is 1. The topological polar surface area (TPSA) is 37.8 Å². The molecule has 1 N–H and O–H groups in total. The van der Waals surface area contributed by atoms with Crippen LogP contribution in [0.2, 0.25) is 0 Å². The summed E-state index contributed by atoms with van der Waals surface area (Å²) in [5, 5.41) is 4.40. The molecular formula is C10H17N3S. The number of anilines is 1. The first kappa shape index (κ1) is 11.3. The lowest BCUT2D eigenvalue weighted by atomic mass is 10.2. The van der Waals surface area contributed by atoms with Crippen molar-refractivity contribution in [2.45, 2.75) is 37.8 Å². The summed E-state index contributed by atoms with van der Waals surface area (Å²) >= 11 is 1.63. The van der Waals surface area contributed by atoms with Crippen molar-refractivity contribution < 1.29 is 0 Å². The molecule has 0 spiro atoms. The Bertz CT molecular complexity index is 274. The van der Waals surface area contributed by atoms with Gasteiger partial charge in [0.25, 0.3) is 0 Å². The third kappa shape index (κ3) is 3.18.